The van der Waals surface area contributed by atoms with Gasteiger partial charge in [-0.25, -0.2) is 0 Å². The predicted octanol–water partition coefficient (Wildman–Crippen LogP) is 2.25. The van der Waals surface area contributed by atoms with Crippen molar-refractivity contribution in [3.63, 3.8) is 0 Å². The van der Waals surface area contributed by atoms with Crippen LogP contribution in [0.1, 0.15) is 68.7 Å². The van der Waals surface area contributed by atoms with Crippen molar-refractivity contribution in [2.75, 3.05) is 26.9 Å². The summed E-state index contributed by atoms with van der Waals surface area (Å²) in [5.41, 5.74) is 2.49. The monoisotopic (exact) mass is 483 g/mol. The lowest BCUT2D eigenvalue weighted by atomic mass is 9.86. The quantitative estimate of drug-likeness (QED) is 0.580. The Balaban J connectivity index is 1.57. The summed E-state index contributed by atoms with van der Waals surface area (Å²) in [6.45, 7) is 0.851. The van der Waals surface area contributed by atoms with E-state index in [9.17, 15) is 19.5 Å². The van der Waals surface area contributed by atoms with Gasteiger partial charge in [0.05, 0.1) is 24.6 Å². The van der Waals surface area contributed by atoms with Crippen LogP contribution in [0.15, 0.2) is 23.0 Å². The number of nitrogens with zero attached hydrogens (tertiary/aromatic N) is 2. The van der Waals surface area contributed by atoms with Gasteiger partial charge in [-0.2, -0.15) is 0 Å². The van der Waals surface area contributed by atoms with E-state index in [2.05, 4.69) is 11.4 Å². The van der Waals surface area contributed by atoms with Crippen LogP contribution in [0.25, 0.3) is 5.57 Å². The van der Waals surface area contributed by atoms with Crippen LogP contribution in [0.4, 0.5) is 0 Å². The number of aromatic nitrogens is 1. The number of hydrogen-bond donors (Lipinski definition) is 2. The SMILES string of the molecule is COCCNC(=O)[C@H]1[C@H](CO)[C@H]2Cn3c(ccc(C4=CCCCC4)c3=O)[C@@H]1N2C(=O)C1CCCC1. The molecule has 8 nitrogen and oxygen atoms in total. The Kier molecular flexibility index (Phi) is 7.12. The smallest absolute Gasteiger partial charge is 0.258 e. The fourth-order valence-electron chi connectivity index (χ4n) is 6.81. The lowest BCUT2D eigenvalue weighted by molar-refractivity contribution is -0.141. The fourth-order valence-corrected chi connectivity index (χ4v) is 6.81. The van der Waals surface area contributed by atoms with E-state index in [-0.39, 0.29) is 35.9 Å². The Bertz CT molecular complexity index is 1060. The summed E-state index contributed by atoms with van der Waals surface area (Å²) < 4.78 is 6.87. The van der Waals surface area contributed by atoms with Gasteiger partial charge in [0, 0.05) is 49.9 Å². The van der Waals surface area contributed by atoms with Gasteiger partial charge in [0.2, 0.25) is 11.8 Å². The minimum absolute atomic E-state index is 0.0421. The number of carbonyl (C=O) groups is 2. The highest BCUT2D eigenvalue weighted by Gasteiger charge is 2.58. The third-order valence-electron chi connectivity index (χ3n) is 8.55. The second-order valence-electron chi connectivity index (χ2n) is 10.5. The number of rotatable bonds is 7. The van der Waals surface area contributed by atoms with Gasteiger partial charge in [-0.1, -0.05) is 18.9 Å². The zero-order valence-corrected chi connectivity index (χ0v) is 20.6. The predicted molar refractivity (Wildman–Crippen MR) is 131 cm³/mol. The first kappa shape index (κ1) is 24.3. The van der Waals surface area contributed by atoms with Crippen molar-refractivity contribution in [2.24, 2.45) is 17.8 Å². The van der Waals surface area contributed by atoms with Crippen LogP contribution in [0.5, 0.6) is 0 Å². The summed E-state index contributed by atoms with van der Waals surface area (Å²) in [6.07, 6.45) is 10.1. The molecule has 1 saturated heterocycles. The number of aliphatic hydroxyl groups is 1. The molecule has 0 radical (unpaired) electrons. The number of nitrogens with one attached hydrogen (secondary N) is 1. The summed E-state index contributed by atoms with van der Waals surface area (Å²) in [5.74, 6) is -1.21. The van der Waals surface area contributed by atoms with E-state index in [4.69, 9.17) is 4.74 Å². The molecule has 1 aromatic heterocycles. The molecular weight excluding hydrogens is 446 g/mol. The molecule has 2 amide bonds. The molecular formula is C27H37N3O5. The van der Waals surface area contributed by atoms with E-state index in [1.54, 1.807) is 11.7 Å². The number of aliphatic hydroxyl groups excluding tert-OH is 1. The zero-order valence-electron chi connectivity index (χ0n) is 20.6. The van der Waals surface area contributed by atoms with Gasteiger partial charge in [0.25, 0.3) is 5.56 Å². The maximum absolute atomic E-state index is 13.8. The summed E-state index contributed by atoms with van der Waals surface area (Å²) in [5, 5.41) is 13.4. The molecule has 2 bridgehead atoms. The van der Waals surface area contributed by atoms with Crippen molar-refractivity contribution >= 4 is 17.4 Å². The van der Waals surface area contributed by atoms with Crippen molar-refractivity contribution in [2.45, 2.75) is 70.0 Å². The molecule has 8 heteroatoms. The number of amides is 2. The fraction of sp³-hybridized carbons (Fsp3) is 0.667. The molecule has 190 valence electrons. The molecule has 5 rings (SSSR count). The number of pyridine rings is 1. The second kappa shape index (κ2) is 10.3. The summed E-state index contributed by atoms with van der Waals surface area (Å²) in [4.78, 5) is 42.7. The van der Waals surface area contributed by atoms with Gasteiger partial charge in [0.1, 0.15) is 0 Å². The number of fused-ring (bicyclic) bond motifs is 4. The molecule has 2 aliphatic heterocycles. The largest absolute Gasteiger partial charge is 0.396 e. The number of allylic oxidation sites excluding steroid dienone is 2. The van der Waals surface area contributed by atoms with Crippen LogP contribution in [0.2, 0.25) is 0 Å². The molecule has 35 heavy (non-hydrogen) atoms. The summed E-state index contributed by atoms with van der Waals surface area (Å²) in [7, 11) is 1.58. The summed E-state index contributed by atoms with van der Waals surface area (Å²) in [6, 6.07) is 2.90. The number of hydrogen-bond acceptors (Lipinski definition) is 5. The van der Waals surface area contributed by atoms with Gasteiger partial charge < -0.3 is 24.6 Å². The third kappa shape index (κ3) is 4.25. The number of carbonyl (C=O) groups excluding carboxylic acids is 2. The molecule has 2 N–H and O–H groups in total. The van der Waals surface area contributed by atoms with Crippen molar-refractivity contribution in [1.29, 1.82) is 0 Å². The van der Waals surface area contributed by atoms with Gasteiger partial charge >= 0.3 is 0 Å². The minimum Gasteiger partial charge on any atom is -0.396 e. The Morgan fingerprint density at radius 2 is 1.97 bits per heavy atom. The highest BCUT2D eigenvalue weighted by molar-refractivity contribution is 5.85. The van der Waals surface area contributed by atoms with Crippen LogP contribution in [-0.2, 0) is 20.9 Å². The van der Waals surface area contributed by atoms with Crippen molar-refractivity contribution in [3.8, 4) is 0 Å². The molecule has 2 fully saturated rings. The topological polar surface area (TPSA) is 101 Å². The molecule has 4 atom stereocenters. The Hall–Kier alpha value is -2.45. The van der Waals surface area contributed by atoms with Crippen LogP contribution >= 0.6 is 0 Å². The molecule has 2 aliphatic carbocycles. The van der Waals surface area contributed by atoms with Gasteiger partial charge in [0.15, 0.2) is 0 Å². The summed E-state index contributed by atoms with van der Waals surface area (Å²) >= 11 is 0. The second-order valence-corrected chi connectivity index (χ2v) is 10.5. The van der Waals surface area contributed by atoms with Crippen molar-refractivity contribution in [1.82, 2.24) is 14.8 Å². The van der Waals surface area contributed by atoms with E-state index in [1.165, 1.54) is 0 Å². The lowest BCUT2D eigenvalue weighted by Gasteiger charge is -2.39. The Labute approximate surface area is 206 Å². The maximum atomic E-state index is 13.8. The van der Waals surface area contributed by atoms with E-state index in [0.717, 1.165) is 62.5 Å². The highest BCUT2D eigenvalue weighted by Crippen LogP contribution is 2.49. The maximum Gasteiger partial charge on any atom is 0.258 e. The van der Waals surface area contributed by atoms with E-state index in [1.807, 2.05) is 17.0 Å². The Morgan fingerprint density at radius 3 is 2.66 bits per heavy atom. The molecule has 1 aromatic rings. The standard InChI is InChI=1S/C27H37N3O5/c1-35-14-13-28-25(32)23-20(16-31)22-15-29-21(24(23)30(22)26(33)18-9-5-6-10-18)12-11-19(27(29)34)17-7-3-2-4-8-17/h7,11-12,18,20,22-24,31H,2-6,8-10,13-16H2,1H3,(H,28,32)/t20-,22-,23+,24+/m1/s1. The zero-order chi connectivity index (χ0) is 24.5. The number of ether oxygens (including phenoxy) is 1. The molecule has 1 saturated carbocycles. The first-order valence-electron chi connectivity index (χ1n) is 13.2. The van der Waals surface area contributed by atoms with E-state index >= 15 is 0 Å². The molecule has 0 aromatic carbocycles. The van der Waals surface area contributed by atoms with Gasteiger partial charge in [-0.3, -0.25) is 14.4 Å². The third-order valence-corrected chi connectivity index (χ3v) is 8.55. The first-order valence-corrected chi connectivity index (χ1v) is 13.2. The average molecular weight is 484 g/mol. The number of methoxy groups -OCH3 is 1. The van der Waals surface area contributed by atoms with Crippen LogP contribution in [0, 0.1) is 17.8 Å². The molecule has 0 unspecified atom stereocenters. The van der Waals surface area contributed by atoms with Crippen molar-refractivity contribution in [3.05, 3.63) is 39.8 Å². The van der Waals surface area contributed by atoms with Crippen LogP contribution < -0.4 is 10.9 Å². The van der Waals surface area contributed by atoms with Gasteiger partial charge in [-0.15, -0.1) is 0 Å². The normalized spacial score (nSPS) is 28.1. The first-order chi connectivity index (χ1) is 17.1. The lowest BCUT2D eigenvalue weighted by Crippen LogP contribution is -2.51. The molecule has 0 spiro atoms. The van der Waals surface area contributed by atoms with Crippen LogP contribution in [0.3, 0.4) is 0 Å². The van der Waals surface area contributed by atoms with Gasteiger partial charge in [-0.05, 0) is 56.2 Å². The Morgan fingerprint density at radius 1 is 1.17 bits per heavy atom. The highest BCUT2D eigenvalue weighted by atomic mass is 16.5. The van der Waals surface area contributed by atoms with Crippen molar-refractivity contribution < 1.29 is 19.4 Å². The minimum atomic E-state index is -0.611. The average Bonchev–Trinajstić information content (AvgIpc) is 3.49. The van der Waals surface area contributed by atoms with Crippen LogP contribution in [-0.4, -0.2) is 59.3 Å². The van der Waals surface area contributed by atoms with E-state index in [0.29, 0.717) is 25.4 Å². The molecule has 3 heterocycles. The van der Waals surface area contributed by atoms with E-state index < -0.39 is 17.9 Å². The molecule has 4 aliphatic rings.